The Morgan fingerprint density at radius 1 is 1.00 bits per heavy atom. The zero-order valence-electron chi connectivity index (χ0n) is 26.6. The number of thiophene rings is 1. The Hall–Kier alpha value is -3.04. The summed E-state index contributed by atoms with van der Waals surface area (Å²) in [6, 6.07) is 18.4. The normalized spacial score (nSPS) is 20.5. The van der Waals surface area contributed by atoms with Crippen LogP contribution in [0.15, 0.2) is 66.7 Å². The van der Waals surface area contributed by atoms with Crippen LogP contribution in [0.3, 0.4) is 0 Å². The number of carbonyl (C=O) groups excluding carboxylic acids is 2. The average Bonchev–Trinajstić information content (AvgIpc) is 3.71. The van der Waals surface area contributed by atoms with Gasteiger partial charge in [-0.3, -0.25) is 14.5 Å². The number of nitrogens with one attached hydrogen (secondary N) is 2. The number of carbonyl (C=O) groups is 2. The average molecular weight is 629 g/mol. The van der Waals surface area contributed by atoms with Gasteiger partial charge in [-0.2, -0.15) is 0 Å². The van der Waals surface area contributed by atoms with Crippen molar-refractivity contribution in [2.45, 2.75) is 63.5 Å². The fraction of sp³-hybridized carbons (Fsp3) is 0.514. The molecule has 3 heterocycles. The number of hydrogen-bond donors (Lipinski definition) is 2. The molecule has 1 saturated carbocycles. The summed E-state index contributed by atoms with van der Waals surface area (Å²) in [4.78, 5) is 33.3. The molecule has 6 rings (SSSR count). The van der Waals surface area contributed by atoms with E-state index in [1.54, 1.807) is 0 Å². The minimum absolute atomic E-state index is 0.0717. The Kier molecular flexibility index (Phi) is 10.7. The molecule has 8 heteroatoms. The first-order valence-electron chi connectivity index (χ1n) is 16.8. The van der Waals surface area contributed by atoms with E-state index in [9.17, 15) is 9.59 Å². The lowest BCUT2D eigenvalue weighted by Gasteiger charge is -2.36. The molecule has 1 atom stereocenters. The molecule has 2 N–H and O–H groups in total. The largest absolute Gasteiger partial charge is 0.381 e. The molecule has 2 aromatic carbocycles. The van der Waals surface area contributed by atoms with E-state index in [0.717, 1.165) is 74.8 Å². The number of aryl methyl sites for hydroxylation is 1. The van der Waals surface area contributed by atoms with Gasteiger partial charge in [-0.1, -0.05) is 67.5 Å². The first-order valence-corrected chi connectivity index (χ1v) is 17.6. The third kappa shape index (κ3) is 8.41. The van der Waals surface area contributed by atoms with Gasteiger partial charge in [0.15, 0.2) is 0 Å². The number of fused-ring (bicyclic) bond motifs is 1. The van der Waals surface area contributed by atoms with Crippen molar-refractivity contribution in [1.29, 1.82) is 0 Å². The van der Waals surface area contributed by atoms with Crippen LogP contribution in [0.1, 0.15) is 59.3 Å². The molecular formula is C37H48N4O3S. The number of hydrogen-bond acceptors (Lipinski definition) is 6. The first kappa shape index (κ1) is 31.9. The van der Waals surface area contributed by atoms with Crippen LogP contribution in [0.4, 0.5) is 0 Å². The van der Waals surface area contributed by atoms with E-state index in [0.29, 0.717) is 24.1 Å². The van der Waals surface area contributed by atoms with E-state index in [1.165, 1.54) is 41.9 Å². The zero-order chi connectivity index (χ0) is 31.1. The van der Waals surface area contributed by atoms with Crippen molar-refractivity contribution in [3.05, 3.63) is 82.8 Å². The highest BCUT2D eigenvalue weighted by molar-refractivity contribution is 7.20. The smallest absolute Gasteiger partial charge is 0.262 e. The molecule has 3 fully saturated rings. The Morgan fingerprint density at radius 2 is 1.73 bits per heavy atom. The zero-order valence-corrected chi connectivity index (χ0v) is 27.5. The fourth-order valence-corrected chi connectivity index (χ4v) is 8.14. The van der Waals surface area contributed by atoms with Gasteiger partial charge in [0.2, 0.25) is 5.91 Å². The number of benzene rings is 2. The molecule has 0 bridgehead atoms. The molecule has 0 spiro atoms. The van der Waals surface area contributed by atoms with E-state index in [4.69, 9.17) is 4.74 Å². The van der Waals surface area contributed by atoms with Crippen LogP contribution in [-0.2, 0) is 16.0 Å². The minimum atomic E-state index is -0.882. The summed E-state index contributed by atoms with van der Waals surface area (Å²) in [6.45, 7) is 10.3. The maximum absolute atomic E-state index is 14.0. The van der Waals surface area contributed by atoms with Gasteiger partial charge in [-0.15, -0.1) is 11.3 Å². The second-order valence-corrected chi connectivity index (χ2v) is 14.3. The van der Waals surface area contributed by atoms with Crippen LogP contribution < -0.4 is 10.6 Å². The summed E-state index contributed by atoms with van der Waals surface area (Å²) < 4.78 is 6.63. The molecular weight excluding hydrogens is 580 g/mol. The van der Waals surface area contributed by atoms with Gasteiger partial charge in [-0.05, 0) is 73.6 Å². The van der Waals surface area contributed by atoms with Crippen molar-refractivity contribution in [2.75, 3.05) is 52.5 Å². The second-order valence-electron chi connectivity index (χ2n) is 13.3. The van der Waals surface area contributed by atoms with Crippen molar-refractivity contribution >= 4 is 33.2 Å². The summed E-state index contributed by atoms with van der Waals surface area (Å²) in [5.41, 5.74) is 1.47. The Morgan fingerprint density at radius 3 is 2.49 bits per heavy atom. The van der Waals surface area contributed by atoms with Gasteiger partial charge in [0.1, 0.15) is 5.54 Å². The van der Waals surface area contributed by atoms with E-state index < -0.39 is 5.54 Å². The van der Waals surface area contributed by atoms with E-state index in [2.05, 4.69) is 69.8 Å². The van der Waals surface area contributed by atoms with Crippen LogP contribution >= 0.6 is 11.3 Å². The molecule has 0 unspecified atom stereocenters. The lowest BCUT2D eigenvalue weighted by Crippen LogP contribution is -2.58. The second kappa shape index (κ2) is 15.0. The molecule has 3 aromatic rings. The summed E-state index contributed by atoms with van der Waals surface area (Å²) in [7, 11) is 0. The van der Waals surface area contributed by atoms with E-state index >= 15 is 0 Å². The van der Waals surface area contributed by atoms with Crippen LogP contribution in [-0.4, -0.2) is 85.7 Å². The molecule has 7 nitrogen and oxygen atoms in total. The molecule has 2 saturated heterocycles. The summed E-state index contributed by atoms with van der Waals surface area (Å²) in [6.07, 6.45) is 10.7. The molecule has 45 heavy (non-hydrogen) atoms. The number of ether oxygens (including phenoxy) is 1. The first-order chi connectivity index (χ1) is 22.0. The summed E-state index contributed by atoms with van der Waals surface area (Å²) in [5.74, 6) is 0.546. The third-order valence-corrected chi connectivity index (χ3v) is 10.9. The molecule has 2 amide bonds. The highest BCUT2D eigenvalue weighted by Gasteiger charge is 2.43. The Labute approximate surface area is 272 Å². The predicted octanol–water partition coefficient (Wildman–Crippen LogP) is 5.58. The third-order valence-electron chi connectivity index (χ3n) is 9.81. The van der Waals surface area contributed by atoms with Gasteiger partial charge < -0.3 is 20.3 Å². The lowest BCUT2D eigenvalue weighted by atomic mass is 9.94. The predicted molar refractivity (Wildman–Crippen MR) is 183 cm³/mol. The van der Waals surface area contributed by atoms with Crippen LogP contribution in [0, 0.1) is 12.8 Å². The van der Waals surface area contributed by atoms with Gasteiger partial charge in [0.05, 0.1) is 10.9 Å². The van der Waals surface area contributed by atoms with Gasteiger partial charge in [-0.25, -0.2) is 0 Å². The van der Waals surface area contributed by atoms with Crippen molar-refractivity contribution in [1.82, 2.24) is 20.4 Å². The van der Waals surface area contributed by atoms with Crippen molar-refractivity contribution in [3.8, 4) is 0 Å². The van der Waals surface area contributed by atoms with Crippen LogP contribution in [0.2, 0.25) is 0 Å². The van der Waals surface area contributed by atoms with Crippen LogP contribution in [0.5, 0.6) is 0 Å². The monoisotopic (exact) mass is 628 g/mol. The van der Waals surface area contributed by atoms with Gasteiger partial charge in [0.25, 0.3) is 5.91 Å². The Balaban J connectivity index is 1.08. The number of nitrogens with zero attached hydrogens (tertiary/aromatic N) is 2. The maximum atomic E-state index is 14.0. The quantitative estimate of drug-likeness (QED) is 0.271. The minimum Gasteiger partial charge on any atom is -0.381 e. The topological polar surface area (TPSA) is 73.9 Å². The van der Waals surface area contributed by atoms with Crippen molar-refractivity contribution in [3.63, 3.8) is 0 Å². The Bertz CT molecular complexity index is 1450. The molecule has 1 aliphatic carbocycles. The molecule has 0 radical (unpaired) electrons. The number of rotatable bonds is 11. The molecule has 2 aliphatic heterocycles. The van der Waals surface area contributed by atoms with Crippen LogP contribution in [0.25, 0.3) is 10.1 Å². The SMILES string of the molecule is Cc1ccc2cc(C(=O)NC3(C(=O)N[C@@H](/C=C/CN4CCN(CC5CCOCC5)CC4)Cc4ccccc4)CCCC3)sc2c1. The molecule has 1 aromatic heterocycles. The number of amides is 2. The maximum Gasteiger partial charge on any atom is 0.262 e. The van der Waals surface area contributed by atoms with Gasteiger partial charge >= 0.3 is 0 Å². The molecule has 240 valence electrons. The lowest BCUT2D eigenvalue weighted by molar-refractivity contribution is -0.127. The standard InChI is InChI=1S/C37H48N4O3S/c1-28-11-12-31-26-34(45-33(31)24-28)35(42)39-37(15-5-6-16-37)36(43)38-32(25-29-8-3-2-4-9-29)10-7-17-40-18-20-41(21-19-40)27-30-13-22-44-23-14-30/h2-4,7-12,24,26,30,32H,5-6,13-23,25,27H2,1H3,(H,38,43)(H,39,42)/b10-7+/t32-/m0/s1. The van der Waals surface area contributed by atoms with E-state index in [1.807, 2.05) is 24.3 Å². The van der Waals surface area contributed by atoms with Gasteiger partial charge in [0, 0.05) is 57.2 Å². The molecule has 3 aliphatic rings. The van der Waals surface area contributed by atoms with E-state index in [-0.39, 0.29) is 17.9 Å². The summed E-state index contributed by atoms with van der Waals surface area (Å²) in [5, 5.41) is 7.63. The highest BCUT2D eigenvalue weighted by atomic mass is 32.1. The highest BCUT2D eigenvalue weighted by Crippen LogP contribution is 2.32. The van der Waals surface area contributed by atoms with Crippen molar-refractivity contribution in [2.24, 2.45) is 5.92 Å². The summed E-state index contributed by atoms with van der Waals surface area (Å²) >= 11 is 1.49. The van der Waals surface area contributed by atoms with Crippen molar-refractivity contribution < 1.29 is 14.3 Å². The number of piperazine rings is 1. The fourth-order valence-electron chi connectivity index (χ4n) is 7.08.